The van der Waals surface area contributed by atoms with Gasteiger partial charge in [0.1, 0.15) is 0 Å². The maximum atomic E-state index is 5.46. The molecule has 2 nitrogen and oxygen atoms in total. The summed E-state index contributed by atoms with van der Waals surface area (Å²) < 4.78 is 6.57. The van der Waals surface area contributed by atoms with Crippen molar-refractivity contribution in [3.8, 4) is 0 Å². The highest BCUT2D eigenvalue weighted by atomic mass is 79.9. The van der Waals surface area contributed by atoms with Gasteiger partial charge in [-0.05, 0) is 44.5 Å². The van der Waals surface area contributed by atoms with Crippen LogP contribution in [0, 0.1) is 6.92 Å². The molecule has 0 spiro atoms. The molecule has 0 unspecified atom stereocenters. The minimum atomic E-state index is 0.304. The molecule has 15 heavy (non-hydrogen) atoms. The first-order chi connectivity index (χ1) is 7.09. The minimum Gasteiger partial charge on any atom is -0.383 e. The SMILES string of the molecule is Cc1cc(Br)ccc1NCCOC(C)C. The Morgan fingerprint density at radius 1 is 1.40 bits per heavy atom. The van der Waals surface area contributed by atoms with Gasteiger partial charge in [-0.2, -0.15) is 0 Å². The summed E-state index contributed by atoms with van der Waals surface area (Å²) in [5, 5.41) is 3.35. The second-order valence-corrected chi connectivity index (χ2v) is 4.72. The molecule has 0 radical (unpaired) electrons. The lowest BCUT2D eigenvalue weighted by atomic mass is 10.2. The highest BCUT2D eigenvalue weighted by molar-refractivity contribution is 9.10. The third kappa shape index (κ3) is 4.67. The molecule has 0 saturated heterocycles. The molecule has 0 aliphatic heterocycles. The van der Waals surface area contributed by atoms with Crippen LogP contribution in [0.4, 0.5) is 5.69 Å². The molecule has 1 N–H and O–H groups in total. The topological polar surface area (TPSA) is 21.3 Å². The molecular formula is C12H18BrNO. The number of aryl methyl sites for hydroxylation is 1. The normalized spacial score (nSPS) is 10.7. The summed E-state index contributed by atoms with van der Waals surface area (Å²) in [5.74, 6) is 0. The fourth-order valence-corrected chi connectivity index (χ4v) is 1.78. The average molecular weight is 272 g/mol. The van der Waals surface area contributed by atoms with Crippen molar-refractivity contribution in [2.45, 2.75) is 26.9 Å². The Morgan fingerprint density at radius 3 is 2.73 bits per heavy atom. The zero-order valence-electron chi connectivity index (χ0n) is 9.51. The number of nitrogens with one attached hydrogen (secondary N) is 1. The predicted octanol–water partition coefficient (Wildman–Crippen LogP) is 3.59. The van der Waals surface area contributed by atoms with Crippen molar-refractivity contribution in [2.24, 2.45) is 0 Å². The van der Waals surface area contributed by atoms with Gasteiger partial charge >= 0.3 is 0 Å². The Kier molecular flexibility index (Phi) is 5.12. The molecule has 0 aliphatic rings. The van der Waals surface area contributed by atoms with E-state index in [9.17, 15) is 0 Å². The molecule has 3 heteroatoms. The van der Waals surface area contributed by atoms with E-state index < -0.39 is 0 Å². The third-order valence-electron chi connectivity index (χ3n) is 2.06. The van der Waals surface area contributed by atoms with E-state index in [4.69, 9.17) is 4.74 Å². The molecule has 0 bridgehead atoms. The van der Waals surface area contributed by atoms with Crippen molar-refractivity contribution in [2.75, 3.05) is 18.5 Å². The lowest BCUT2D eigenvalue weighted by molar-refractivity contribution is 0.0870. The number of ether oxygens (including phenoxy) is 1. The molecule has 0 saturated carbocycles. The second-order valence-electron chi connectivity index (χ2n) is 3.81. The van der Waals surface area contributed by atoms with Gasteiger partial charge in [0, 0.05) is 16.7 Å². The molecule has 0 amide bonds. The van der Waals surface area contributed by atoms with E-state index in [1.807, 2.05) is 19.9 Å². The van der Waals surface area contributed by atoms with Crippen LogP contribution in [0.25, 0.3) is 0 Å². The Balaban J connectivity index is 2.37. The van der Waals surface area contributed by atoms with Crippen molar-refractivity contribution in [1.29, 1.82) is 0 Å². The standard InChI is InChI=1S/C12H18BrNO/c1-9(2)15-7-6-14-12-5-4-11(13)8-10(12)3/h4-5,8-9,14H,6-7H2,1-3H3. The lowest BCUT2D eigenvalue weighted by Gasteiger charge is -2.11. The van der Waals surface area contributed by atoms with Crippen molar-refractivity contribution in [3.05, 3.63) is 28.2 Å². The first-order valence-corrected chi connectivity index (χ1v) is 6.00. The molecule has 0 aliphatic carbocycles. The van der Waals surface area contributed by atoms with Gasteiger partial charge in [0.15, 0.2) is 0 Å². The minimum absolute atomic E-state index is 0.304. The van der Waals surface area contributed by atoms with Gasteiger partial charge in [-0.25, -0.2) is 0 Å². The van der Waals surface area contributed by atoms with Crippen LogP contribution in [0.1, 0.15) is 19.4 Å². The zero-order valence-corrected chi connectivity index (χ0v) is 11.1. The Labute approximate surface area is 100 Å². The van der Waals surface area contributed by atoms with E-state index in [0.29, 0.717) is 6.10 Å². The van der Waals surface area contributed by atoms with Gasteiger partial charge in [-0.15, -0.1) is 0 Å². The molecule has 0 atom stereocenters. The molecule has 1 aromatic carbocycles. The van der Waals surface area contributed by atoms with Crippen molar-refractivity contribution in [3.63, 3.8) is 0 Å². The third-order valence-corrected chi connectivity index (χ3v) is 2.55. The smallest absolute Gasteiger partial charge is 0.0642 e. The first-order valence-electron chi connectivity index (χ1n) is 5.21. The Bertz CT molecular complexity index is 312. The maximum Gasteiger partial charge on any atom is 0.0642 e. The number of halogens is 1. The van der Waals surface area contributed by atoms with Crippen LogP contribution >= 0.6 is 15.9 Å². The van der Waals surface area contributed by atoms with Crippen LogP contribution in [0.2, 0.25) is 0 Å². The van der Waals surface area contributed by atoms with Crippen LogP contribution < -0.4 is 5.32 Å². The van der Waals surface area contributed by atoms with E-state index >= 15 is 0 Å². The Hall–Kier alpha value is -0.540. The summed E-state index contributed by atoms with van der Waals surface area (Å²) in [5.41, 5.74) is 2.42. The van der Waals surface area contributed by atoms with Crippen LogP contribution in [0.5, 0.6) is 0 Å². The largest absolute Gasteiger partial charge is 0.383 e. The summed E-state index contributed by atoms with van der Waals surface area (Å²) >= 11 is 3.44. The van der Waals surface area contributed by atoms with Gasteiger partial charge in [-0.3, -0.25) is 0 Å². The Morgan fingerprint density at radius 2 is 2.13 bits per heavy atom. The molecule has 0 aromatic heterocycles. The molecule has 0 fully saturated rings. The van der Waals surface area contributed by atoms with Gasteiger partial charge < -0.3 is 10.1 Å². The highest BCUT2D eigenvalue weighted by Gasteiger charge is 1.98. The van der Waals surface area contributed by atoms with Crippen LogP contribution in [-0.4, -0.2) is 19.3 Å². The fraction of sp³-hybridized carbons (Fsp3) is 0.500. The first kappa shape index (κ1) is 12.5. The van der Waals surface area contributed by atoms with E-state index in [2.05, 4.69) is 40.3 Å². The van der Waals surface area contributed by atoms with Crippen molar-refractivity contribution in [1.82, 2.24) is 0 Å². The summed E-state index contributed by atoms with van der Waals surface area (Å²) in [6.45, 7) is 7.78. The number of anilines is 1. The lowest BCUT2D eigenvalue weighted by Crippen LogP contribution is -2.13. The molecule has 1 rings (SSSR count). The molecular weight excluding hydrogens is 254 g/mol. The molecule has 1 aromatic rings. The van der Waals surface area contributed by atoms with Gasteiger partial charge in [0.05, 0.1) is 12.7 Å². The predicted molar refractivity (Wildman–Crippen MR) is 68.5 cm³/mol. The van der Waals surface area contributed by atoms with Gasteiger partial charge in [-0.1, -0.05) is 15.9 Å². The van der Waals surface area contributed by atoms with Crippen LogP contribution in [-0.2, 0) is 4.74 Å². The van der Waals surface area contributed by atoms with Crippen LogP contribution in [0.15, 0.2) is 22.7 Å². The highest BCUT2D eigenvalue weighted by Crippen LogP contribution is 2.19. The maximum absolute atomic E-state index is 5.46. The summed E-state index contributed by atoms with van der Waals surface area (Å²) in [4.78, 5) is 0. The van der Waals surface area contributed by atoms with E-state index in [1.165, 1.54) is 11.3 Å². The monoisotopic (exact) mass is 271 g/mol. The number of benzene rings is 1. The van der Waals surface area contributed by atoms with Gasteiger partial charge in [0.2, 0.25) is 0 Å². The second kappa shape index (κ2) is 6.13. The van der Waals surface area contributed by atoms with E-state index in [0.717, 1.165) is 17.6 Å². The van der Waals surface area contributed by atoms with Crippen LogP contribution in [0.3, 0.4) is 0 Å². The molecule has 84 valence electrons. The zero-order chi connectivity index (χ0) is 11.3. The number of hydrogen-bond donors (Lipinski definition) is 1. The quantitative estimate of drug-likeness (QED) is 0.827. The van der Waals surface area contributed by atoms with Gasteiger partial charge in [0.25, 0.3) is 0 Å². The number of rotatable bonds is 5. The van der Waals surface area contributed by atoms with E-state index in [1.54, 1.807) is 0 Å². The molecule has 0 heterocycles. The fourth-order valence-electron chi connectivity index (χ4n) is 1.31. The number of hydrogen-bond acceptors (Lipinski definition) is 2. The summed E-state index contributed by atoms with van der Waals surface area (Å²) in [6, 6.07) is 6.22. The van der Waals surface area contributed by atoms with E-state index in [-0.39, 0.29) is 0 Å². The van der Waals surface area contributed by atoms with Crippen molar-refractivity contribution < 1.29 is 4.74 Å². The summed E-state index contributed by atoms with van der Waals surface area (Å²) in [7, 11) is 0. The summed E-state index contributed by atoms with van der Waals surface area (Å²) in [6.07, 6.45) is 0.304. The van der Waals surface area contributed by atoms with Crippen molar-refractivity contribution >= 4 is 21.6 Å². The average Bonchev–Trinajstić information content (AvgIpc) is 2.14.